The van der Waals surface area contributed by atoms with Crippen molar-refractivity contribution in [1.29, 1.82) is 0 Å². The maximum atomic E-state index is 11.4. The number of carbonyl (C=O) groups excluding carboxylic acids is 1. The van der Waals surface area contributed by atoms with Crippen LogP contribution >= 0.6 is 11.3 Å². The normalized spacial score (nSPS) is 10.7. The minimum absolute atomic E-state index is 0.183. The summed E-state index contributed by atoms with van der Waals surface area (Å²) in [5.74, 6) is -0.374. The molecule has 0 bridgehead atoms. The van der Waals surface area contributed by atoms with Crippen molar-refractivity contribution in [1.82, 2.24) is 10.5 Å². The van der Waals surface area contributed by atoms with Gasteiger partial charge in [-0.2, -0.15) is 0 Å². The van der Waals surface area contributed by atoms with E-state index in [0.717, 1.165) is 20.8 Å². The van der Waals surface area contributed by atoms with Gasteiger partial charge in [-0.3, -0.25) is 10.0 Å². The van der Waals surface area contributed by atoms with Crippen molar-refractivity contribution in [3.63, 3.8) is 0 Å². The lowest BCUT2D eigenvalue weighted by molar-refractivity contribution is 0.0706. The molecule has 100 valence electrons. The number of amides is 1. The van der Waals surface area contributed by atoms with E-state index in [9.17, 15) is 9.90 Å². The molecule has 0 atom stereocenters. The van der Waals surface area contributed by atoms with E-state index in [1.807, 2.05) is 6.07 Å². The Morgan fingerprint density at radius 2 is 2.05 bits per heavy atom. The van der Waals surface area contributed by atoms with Crippen LogP contribution < -0.4 is 5.48 Å². The largest absolute Gasteiger partial charge is 0.508 e. The van der Waals surface area contributed by atoms with E-state index >= 15 is 0 Å². The Labute approximate surface area is 118 Å². The molecular formula is C14H10N2O3S. The summed E-state index contributed by atoms with van der Waals surface area (Å²) in [6, 6.07) is 11.8. The molecule has 0 saturated heterocycles. The number of fused-ring (bicyclic) bond motifs is 1. The maximum Gasteiger partial charge on any atom is 0.274 e. The molecule has 0 spiro atoms. The Morgan fingerprint density at radius 3 is 2.80 bits per heavy atom. The van der Waals surface area contributed by atoms with Crippen molar-refractivity contribution in [2.45, 2.75) is 0 Å². The van der Waals surface area contributed by atoms with E-state index in [1.165, 1.54) is 11.3 Å². The Morgan fingerprint density at radius 1 is 1.20 bits per heavy atom. The molecule has 0 radical (unpaired) electrons. The van der Waals surface area contributed by atoms with E-state index in [1.54, 1.807) is 41.9 Å². The van der Waals surface area contributed by atoms with Gasteiger partial charge in [0.15, 0.2) is 0 Å². The topological polar surface area (TPSA) is 82.5 Å². The number of phenolic OH excluding ortho intramolecular Hbond substituents is 1. The summed E-state index contributed by atoms with van der Waals surface area (Å²) in [5, 5.41) is 18.9. The molecule has 0 saturated carbocycles. The third kappa shape index (κ3) is 2.22. The van der Waals surface area contributed by atoms with Crippen molar-refractivity contribution in [2.24, 2.45) is 0 Å². The number of rotatable bonds is 2. The van der Waals surface area contributed by atoms with Gasteiger partial charge in [0.05, 0.1) is 10.2 Å². The van der Waals surface area contributed by atoms with E-state index in [2.05, 4.69) is 4.98 Å². The highest BCUT2D eigenvalue weighted by Crippen LogP contribution is 2.32. The van der Waals surface area contributed by atoms with E-state index < -0.39 is 5.91 Å². The Bertz CT molecular complexity index is 798. The average molecular weight is 286 g/mol. The lowest BCUT2D eigenvalue weighted by Crippen LogP contribution is -2.18. The molecule has 3 N–H and O–H groups in total. The number of thiazole rings is 1. The second kappa shape index (κ2) is 4.92. The molecule has 3 rings (SSSR count). The fourth-order valence-electron chi connectivity index (χ4n) is 1.89. The number of carbonyl (C=O) groups is 1. The van der Waals surface area contributed by atoms with Crippen LogP contribution in [0.15, 0.2) is 42.5 Å². The van der Waals surface area contributed by atoms with Crippen molar-refractivity contribution < 1.29 is 15.1 Å². The van der Waals surface area contributed by atoms with Crippen LogP contribution in [0.3, 0.4) is 0 Å². The fourth-order valence-corrected chi connectivity index (χ4v) is 2.89. The van der Waals surface area contributed by atoms with Crippen LogP contribution in [0.1, 0.15) is 10.4 Å². The number of hydroxylamine groups is 1. The van der Waals surface area contributed by atoms with E-state index in [0.29, 0.717) is 5.56 Å². The van der Waals surface area contributed by atoms with Gasteiger partial charge < -0.3 is 5.11 Å². The van der Waals surface area contributed by atoms with Crippen LogP contribution in [0, 0.1) is 0 Å². The summed E-state index contributed by atoms with van der Waals surface area (Å²) in [7, 11) is 0. The molecule has 1 aromatic heterocycles. The van der Waals surface area contributed by atoms with Crippen molar-refractivity contribution in [3.05, 3.63) is 48.0 Å². The number of nitrogens with one attached hydrogen (secondary N) is 1. The number of aromatic nitrogens is 1. The molecule has 0 aliphatic rings. The zero-order valence-corrected chi connectivity index (χ0v) is 11.0. The number of benzene rings is 2. The minimum atomic E-state index is -0.556. The third-order valence-electron chi connectivity index (χ3n) is 2.85. The zero-order chi connectivity index (χ0) is 14.1. The molecule has 2 aromatic carbocycles. The summed E-state index contributed by atoms with van der Waals surface area (Å²) >= 11 is 1.42. The van der Waals surface area contributed by atoms with Crippen LogP contribution in [0.4, 0.5) is 0 Å². The van der Waals surface area contributed by atoms with Crippen LogP contribution in [-0.2, 0) is 0 Å². The molecule has 3 aromatic rings. The van der Waals surface area contributed by atoms with Gasteiger partial charge in [0.2, 0.25) is 0 Å². The van der Waals surface area contributed by atoms with E-state index in [4.69, 9.17) is 5.21 Å². The van der Waals surface area contributed by atoms with Gasteiger partial charge in [-0.1, -0.05) is 12.1 Å². The quantitative estimate of drug-likeness (QED) is 0.499. The summed E-state index contributed by atoms with van der Waals surface area (Å²) < 4.78 is 0.837. The van der Waals surface area contributed by atoms with Crippen molar-refractivity contribution in [2.75, 3.05) is 0 Å². The van der Waals surface area contributed by atoms with Gasteiger partial charge in [-0.05, 0) is 30.3 Å². The zero-order valence-electron chi connectivity index (χ0n) is 10.2. The molecular weight excluding hydrogens is 276 g/mol. The first-order valence-corrected chi connectivity index (χ1v) is 6.63. The number of hydrogen-bond acceptors (Lipinski definition) is 5. The van der Waals surface area contributed by atoms with Crippen LogP contribution in [0.5, 0.6) is 5.75 Å². The highest BCUT2D eigenvalue weighted by Gasteiger charge is 2.10. The molecule has 0 aliphatic carbocycles. The summed E-state index contributed by atoms with van der Waals surface area (Å²) in [6.45, 7) is 0. The highest BCUT2D eigenvalue weighted by molar-refractivity contribution is 7.21. The minimum Gasteiger partial charge on any atom is -0.508 e. The van der Waals surface area contributed by atoms with Gasteiger partial charge >= 0.3 is 0 Å². The first kappa shape index (κ1) is 12.6. The first-order chi connectivity index (χ1) is 9.67. The van der Waals surface area contributed by atoms with Crippen molar-refractivity contribution >= 4 is 27.5 Å². The molecule has 1 heterocycles. The Balaban J connectivity index is 2.09. The van der Waals surface area contributed by atoms with Gasteiger partial charge in [0, 0.05) is 11.1 Å². The predicted octanol–water partition coefficient (Wildman–Crippen LogP) is 2.79. The lowest BCUT2D eigenvalue weighted by atomic mass is 10.2. The standard InChI is InChI=1S/C14H10N2O3S/c17-10-3-1-2-9(6-10)14-15-11-5-4-8(13(18)16-19)7-12(11)20-14/h1-7,17,19H,(H,16,18). The van der Waals surface area contributed by atoms with Crippen LogP contribution in [-0.4, -0.2) is 21.2 Å². The molecule has 6 heteroatoms. The van der Waals surface area contributed by atoms with Gasteiger partial charge in [0.1, 0.15) is 10.8 Å². The maximum absolute atomic E-state index is 11.4. The number of hydrogen-bond donors (Lipinski definition) is 3. The molecule has 5 nitrogen and oxygen atoms in total. The molecule has 20 heavy (non-hydrogen) atoms. The molecule has 0 aliphatic heterocycles. The Kier molecular flexibility index (Phi) is 3.09. The lowest BCUT2D eigenvalue weighted by Gasteiger charge is -1.96. The van der Waals surface area contributed by atoms with Gasteiger partial charge in [0.25, 0.3) is 5.91 Å². The number of aromatic hydroxyl groups is 1. The average Bonchev–Trinajstić information content (AvgIpc) is 2.89. The monoisotopic (exact) mass is 286 g/mol. The van der Waals surface area contributed by atoms with Gasteiger partial charge in [-0.25, -0.2) is 10.5 Å². The number of phenols is 1. The highest BCUT2D eigenvalue weighted by atomic mass is 32.1. The third-order valence-corrected chi connectivity index (χ3v) is 3.91. The summed E-state index contributed by atoms with van der Waals surface area (Å²) in [6.07, 6.45) is 0. The van der Waals surface area contributed by atoms with Crippen LogP contribution in [0.2, 0.25) is 0 Å². The van der Waals surface area contributed by atoms with Crippen LogP contribution in [0.25, 0.3) is 20.8 Å². The second-order valence-electron chi connectivity index (χ2n) is 4.19. The SMILES string of the molecule is O=C(NO)c1ccc2nc(-c3cccc(O)c3)sc2c1. The summed E-state index contributed by atoms with van der Waals surface area (Å²) in [5.41, 5.74) is 3.56. The van der Waals surface area contributed by atoms with E-state index in [-0.39, 0.29) is 5.75 Å². The Hall–Kier alpha value is -2.44. The second-order valence-corrected chi connectivity index (χ2v) is 5.22. The molecule has 0 unspecified atom stereocenters. The number of nitrogens with zero attached hydrogens (tertiary/aromatic N) is 1. The molecule has 0 fully saturated rings. The summed E-state index contributed by atoms with van der Waals surface area (Å²) in [4.78, 5) is 15.8. The smallest absolute Gasteiger partial charge is 0.274 e. The fraction of sp³-hybridized carbons (Fsp3) is 0. The van der Waals surface area contributed by atoms with Gasteiger partial charge in [-0.15, -0.1) is 11.3 Å². The molecule has 1 amide bonds. The van der Waals surface area contributed by atoms with Crippen molar-refractivity contribution in [3.8, 4) is 16.3 Å². The first-order valence-electron chi connectivity index (χ1n) is 5.82. The predicted molar refractivity (Wildman–Crippen MR) is 76.0 cm³/mol.